The fourth-order valence-corrected chi connectivity index (χ4v) is 4.83. The molecule has 1 aliphatic carbocycles. The van der Waals surface area contributed by atoms with E-state index in [-0.39, 0.29) is 17.6 Å². The number of methoxy groups -OCH3 is 1. The molecule has 1 saturated carbocycles. The summed E-state index contributed by atoms with van der Waals surface area (Å²) in [5, 5.41) is 3.21. The van der Waals surface area contributed by atoms with E-state index in [0.717, 1.165) is 25.7 Å². The van der Waals surface area contributed by atoms with Gasteiger partial charge in [0.1, 0.15) is 30.7 Å². The standard InChI is InChI=1S/C28H30N4O5/c1-35-22-10-7-19(8-11-22)26(27(33)31-20-5-3-2-4-6-20)32(28(34)23-18-29-13-14-30-23)21-9-12-24-25(17-21)37-16-15-36-24/h7-14,17-18,20,26H,2-6,15-16H2,1H3,(H,31,33)/t26-/m0/s1. The van der Waals surface area contributed by atoms with Gasteiger partial charge < -0.3 is 19.5 Å². The summed E-state index contributed by atoms with van der Waals surface area (Å²) < 4.78 is 16.8. The fraction of sp³-hybridized carbons (Fsp3) is 0.357. The van der Waals surface area contributed by atoms with Crippen LogP contribution in [0.15, 0.2) is 61.1 Å². The van der Waals surface area contributed by atoms with Crippen LogP contribution >= 0.6 is 0 Å². The Bertz CT molecular complexity index is 1230. The highest BCUT2D eigenvalue weighted by Gasteiger charge is 2.36. The molecule has 1 fully saturated rings. The van der Waals surface area contributed by atoms with E-state index in [1.54, 1.807) is 49.6 Å². The monoisotopic (exact) mass is 502 g/mol. The zero-order valence-electron chi connectivity index (χ0n) is 20.8. The Morgan fingerprint density at radius 1 is 1.00 bits per heavy atom. The zero-order chi connectivity index (χ0) is 25.6. The first-order valence-corrected chi connectivity index (χ1v) is 12.6. The molecule has 0 saturated heterocycles. The van der Waals surface area contributed by atoms with Gasteiger partial charge in [-0.05, 0) is 42.7 Å². The van der Waals surface area contributed by atoms with Crippen molar-refractivity contribution in [3.8, 4) is 17.2 Å². The lowest BCUT2D eigenvalue weighted by Crippen LogP contribution is -2.47. The number of nitrogens with one attached hydrogen (secondary N) is 1. The molecule has 0 bridgehead atoms. The van der Waals surface area contributed by atoms with Crippen LogP contribution in [0.4, 0.5) is 5.69 Å². The second kappa shape index (κ2) is 11.3. The smallest absolute Gasteiger partial charge is 0.279 e. The summed E-state index contributed by atoms with van der Waals surface area (Å²) in [7, 11) is 1.58. The van der Waals surface area contributed by atoms with Gasteiger partial charge in [-0.25, -0.2) is 4.98 Å². The van der Waals surface area contributed by atoms with Crippen molar-refractivity contribution in [2.24, 2.45) is 0 Å². The molecule has 2 amide bonds. The maximum Gasteiger partial charge on any atom is 0.279 e. The van der Waals surface area contributed by atoms with Crippen LogP contribution < -0.4 is 24.4 Å². The van der Waals surface area contributed by atoms with E-state index in [0.29, 0.717) is 41.7 Å². The maximum atomic E-state index is 14.0. The number of nitrogens with zero attached hydrogens (tertiary/aromatic N) is 3. The quantitative estimate of drug-likeness (QED) is 0.519. The molecule has 2 aromatic carbocycles. The third-order valence-corrected chi connectivity index (χ3v) is 6.69. The number of ether oxygens (including phenoxy) is 3. The average molecular weight is 503 g/mol. The molecule has 1 N–H and O–H groups in total. The molecule has 2 aliphatic rings. The van der Waals surface area contributed by atoms with Crippen LogP contribution in [0.5, 0.6) is 17.2 Å². The summed E-state index contributed by atoms with van der Waals surface area (Å²) in [5.41, 5.74) is 1.25. The minimum absolute atomic E-state index is 0.0655. The summed E-state index contributed by atoms with van der Waals surface area (Å²) in [6, 6.07) is 11.5. The highest BCUT2D eigenvalue weighted by atomic mass is 16.6. The topological polar surface area (TPSA) is 103 Å². The number of anilines is 1. The summed E-state index contributed by atoms with van der Waals surface area (Å²) in [6.45, 7) is 0.853. The molecular formula is C28H30N4O5. The van der Waals surface area contributed by atoms with Gasteiger partial charge in [0.05, 0.1) is 13.3 Å². The van der Waals surface area contributed by atoms with Gasteiger partial charge in [-0.15, -0.1) is 0 Å². The number of fused-ring (bicyclic) bond motifs is 1. The first kappa shape index (κ1) is 24.5. The normalized spacial score (nSPS) is 15.9. The Morgan fingerprint density at radius 2 is 1.76 bits per heavy atom. The molecule has 1 aliphatic heterocycles. The van der Waals surface area contributed by atoms with Crippen LogP contribution in [0.1, 0.15) is 54.2 Å². The Kier molecular flexibility index (Phi) is 7.49. The van der Waals surface area contributed by atoms with Gasteiger partial charge in [-0.3, -0.25) is 19.5 Å². The molecule has 192 valence electrons. The molecule has 1 atom stereocenters. The van der Waals surface area contributed by atoms with Crippen LogP contribution in [-0.2, 0) is 4.79 Å². The van der Waals surface area contributed by atoms with Gasteiger partial charge in [0.2, 0.25) is 5.91 Å². The van der Waals surface area contributed by atoms with E-state index in [9.17, 15) is 9.59 Å². The second-order valence-electron chi connectivity index (χ2n) is 9.11. The summed E-state index contributed by atoms with van der Waals surface area (Å²) in [5.74, 6) is 1.05. The van der Waals surface area contributed by atoms with Crippen molar-refractivity contribution in [3.05, 3.63) is 72.3 Å². The van der Waals surface area contributed by atoms with Crippen molar-refractivity contribution >= 4 is 17.5 Å². The van der Waals surface area contributed by atoms with Gasteiger partial charge in [-0.1, -0.05) is 31.4 Å². The summed E-state index contributed by atoms with van der Waals surface area (Å²) in [4.78, 5) is 37.7. The first-order chi connectivity index (χ1) is 18.1. The van der Waals surface area contributed by atoms with Crippen molar-refractivity contribution in [1.29, 1.82) is 0 Å². The van der Waals surface area contributed by atoms with Crippen molar-refractivity contribution in [1.82, 2.24) is 15.3 Å². The Balaban J connectivity index is 1.60. The molecule has 0 spiro atoms. The SMILES string of the molecule is COc1ccc([C@@H](C(=O)NC2CCCCC2)N(C(=O)c2cnccn2)c2ccc3c(c2)OCCO3)cc1. The summed E-state index contributed by atoms with van der Waals surface area (Å²) in [6.07, 6.45) is 9.51. The number of hydrogen-bond acceptors (Lipinski definition) is 7. The Hall–Kier alpha value is -4.14. The van der Waals surface area contributed by atoms with E-state index in [1.807, 2.05) is 0 Å². The van der Waals surface area contributed by atoms with Gasteiger partial charge >= 0.3 is 0 Å². The molecule has 9 heteroatoms. The summed E-state index contributed by atoms with van der Waals surface area (Å²) >= 11 is 0. The number of aromatic nitrogens is 2. The number of benzene rings is 2. The van der Waals surface area contributed by atoms with Crippen LogP contribution in [0.2, 0.25) is 0 Å². The molecule has 37 heavy (non-hydrogen) atoms. The van der Waals surface area contributed by atoms with Crippen molar-refractivity contribution in [3.63, 3.8) is 0 Å². The average Bonchev–Trinajstić information content (AvgIpc) is 2.96. The minimum Gasteiger partial charge on any atom is -0.497 e. The largest absolute Gasteiger partial charge is 0.497 e. The molecule has 5 rings (SSSR count). The van der Waals surface area contributed by atoms with Crippen molar-refractivity contribution in [2.45, 2.75) is 44.2 Å². The maximum absolute atomic E-state index is 14.0. The predicted octanol–water partition coefficient (Wildman–Crippen LogP) is 4.09. The molecule has 0 unspecified atom stereocenters. The van der Waals surface area contributed by atoms with Crippen LogP contribution in [0, 0.1) is 0 Å². The lowest BCUT2D eigenvalue weighted by Gasteiger charge is -2.33. The number of hydrogen-bond donors (Lipinski definition) is 1. The van der Waals surface area contributed by atoms with Crippen LogP contribution in [-0.4, -0.2) is 48.1 Å². The molecule has 3 aromatic rings. The van der Waals surface area contributed by atoms with E-state index < -0.39 is 11.9 Å². The van der Waals surface area contributed by atoms with E-state index in [4.69, 9.17) is 14.2 Å². The first-order valence-electron chi connectivity index (χ1n) is 12.6. The highest BCUT2D eigenvalue weighted by Crippen LogP contribution is 2.38. The molecule has 9 nitrogen and oxygen atoms in total. The predicted molar refractivity (Wildman–Crippen MR) is 137 cm³/mol. The van der Waals surface area contributed by atoms with Gasteiger partial charge in [0.25, 0.3) is 5.91 Å². The Labute approximate surface area is 215 Å². The van der Waals surface area contributed by atoms with Gasteiger partial charge in [0.15, 0.2) is 11.5 Å². The lowest BCUT2D eigenvalue weighted by molar-refractivity contribution is -0.123. The van der Waals surface area contributed by atoms with E-state index in [1.165, 1.54) is 29.9 Å². The van der Waals surface area contributed by atoms with Crippen molar-refractivity contribution in [2.75, 3.05) is 25.2 Å². The molecule has 1 aromatic heterocycles. The highest BCUT2D eigenvalue weighted by molar-refractivity contribution is 6.09. The number of carbonyl (C=O) groups is 2. The fourth-order valence-electron chi connectivity index (χ4n) is 4.83. The molecule has 2 heterocycles. The van der Waals surface area contributed by atoms with E-state index in [2.05, 4.69) is 15.3 Å². The lowest BCUT2D eigenvalue weighted by atomic mass is 9.94. The van der Waals surface area contributed by atoms with Crippen LogP contribution in [0.3, 0.4) is 0 Å². The second-order valence-corrected chi connectivity index (χ2v) is 9.11. The van der Waals surface area contributed by atoms with E-state index >= 15 is 0 Å². The van der Waals surface area contributed by atoms with Gasteiger partial charge in [-0.2, -0.15) is 0 Å². The van der Waals surface area contributed by atoms with Gasteiger partial charge in [0, 0.05) is 30.2 Å². The van der Waals surface area contributed by atoms with Crippen LogP contribution in [0.25, 0.3) is 0 Å². The zero-order valence-corrected chi connectivity index (χ0v) is 20.8. The number of carbonyl (C=O) groups excluding carboxylic acids is 2. The van der Waals surface area contributed by atoms with Crippen molar-refractivity contribution < 1.29 is 23.8 Å². The third-order valence-electron chi connectivity index (χ3n) is 6.69. The molecule has 0 radical (unpaired) electrons. The number of amides is 2. The number of rotatable bonds is 7. The molecular weight excluding hydrogens is 472 g/mol. The third kappa shape index (κ3) is 5.50. The minimum atomic E-state index is -0.968. The Morgan fingerprint density at radius 3 is 2.46 bits per heavy atom.